The second kappa shape index (κ2) is 22.2. The number of unbranched alkanes of at least 4 members (excludes halogenated alkanes) is 2. The van der Waals surface area contributed by atoms with Crippen LogP contribution in [0, 0.1) is 0 Å². The Bertz CT molecular complexity index is 1300. The minimum Gasteiger partial charge on any atom is -0.507 e. The summed E-state index contributed by atoms with van der Waals surface area (Å²) in [5.74, 6) is -1.71. The van der Waals surface area contributed by atoms with Crippen molar-refractivity contribution in [1.82, 2.24) is 31.6 Å². The summed E-state index contributed by atoms with van der Waals surface area (Å²) >= 11 is 0. The van der Waals surface area contributed by atoms with E-state index in [2.05, 4.69) is 36.6 Å². The number of amides is 4. The number of H-pyrrole nitrogens is 1. The first-order chi connectivity index (χ1) is 22.6. The van der Waals surface area contributed by atoms with Crippen LogP contribution in [-0.4, -0.2) is 97.6 Å². The van der Waals surface area contributed by atoms with Gasteiger partial charge in [0.05, 0.1) is 18.9 Å². The van der Waals surface area contributed by atoms with Gasteiger partial charge in [0.2, 0.25) is 23.6 Å². The van der Waals surface area contributed by atoms with E-state index in [1.807, 2.05) is 0 Å². The van der Waals surface area contributed by atoms with Crippen LogP contribution in [0.5, 0.6) is 5.75 Å². The molecule has 15 N–H and O–H groups in total. The standard InChI is InChI=1S/C31H53N11O5/c32-22(8-5-16-40-31(34)35)29(46)38-17-7-14-37-13-6-12-36-11-2-1-3-15-39-30(47)24(19-26(33)44)42-27(45)18-21-20-41-23-9-4-10-25(43)28(21)23/h4,9-10,20,22,24,36-37,41,43H,1-3,5-8,11-19,32H2,(H2,33,44)(H,38,46)(H,39,47)(H,42,45)(H4,34,35,40)/t22-,24-/m0/s1. The number of aliphatic imine (C=N–C) groups is 1. The molecule has 0 radical (unpaired) electrons. The summed E-state index contributed by atoms with van der Waals surface area (Å²) in [7, 11) is 0. The lowest BCUT2D eigenvalue weighted by molar-refractivity contribution is -0.131. The van der Waals surface area contributed by atoms with Gasteiger partial charge in [-0.05, 0) is 82.4 Å². The van der Waals surface area contributed by atoms with Crippen molar-refractivity contribution < 1.29 is 24.3 Å². The number of nitrogens with zero attached hydrogens (tertiary/aromatic N) is 1. The van der Waals surface area contributed by atoms with Gasteiger partial charge in [-0.1, -0.05) is 12.5 Å². The minimum absolute atomic E-state index is 0.0326. The molecule has 1 aromatic carbocycles. The van der Waals surface area contributed by atoms with Crippen LogP contribution in [0.2, 0.25) is 0 Å². The molecule has 2 rings (SSSR count). The number of hydrogen-bond donors (Lipinski definition) is 11. The fourth-order valence-electron chi connectivity index (χ4n) is 4.88. The first-order valence-electron chi connectivity index (χ1n) is 16.2. The number of rotatable bonds is 25. The Morgan fingerprint density at radius 3 is 2.17 bits per heavy atom. The molecule has 16 heteroatoms. The average Bonchev–Trinajstić information content (AvgIpc) is 3.43. The highest BCUT2D eigenvalue weighted by Gasteiger charge is 2.23. The molecule has 0 saturated heterocycles. The number of nitrogens with two attached hydrogens (primary N) is 4. The number of fused-ring (bicyclic) bond motifs is 1. The van der Waals surface area contributed by atoms with Crippen LogP contribution in [-0.2, 0) is 25.6 Å². The van der Waals surface area contributed by atoms with Crippen LogP contribution >= 0.6 is 0 Å². The van der Waals surface area contributed by atoms with Gasteiger partial charge in [-0.2, -0.15) is 0 Å². The van der Waals surface area contributed by atoms with E-state index in [9.17, 15) is 24.3 Å². The van der Waals surface area contributed by atoms with Gasteiger partial charge in [0.15, 0.2) is 5.96 Å². The molecule has 0 aliphatic carbocycles. The molecule has 0 aliphatic rings. The van der Waals surface area contributed by atoms with Gasteiger partial charge in [0.25, 0.3) is 0 Å². The normalized spacial score (nSPS) is 12.3. The van der Waals surface area contributed by atoms with Crippen molar-refractivity contribution in [3.05, 3.63) is 30.0 Å². The molecule has 0 unspecified atom stereocenters. The smallest absolute Gasteiger partial charge is 0.243 e. The highest BCUT2D eigenvalue weighted by Crippen LogP contribution is 2.27. The van der Waals surface area contributed by atoms with Crippen molar-refractivity contribution >= 4 is 40.5 Å². The molecule has 47 heavy (non-hydrogen) atoms. The number of carbonyl (C=O) groups excluding carboxylic acids is 4. The third-order valence-corrected chi connectivity index (χ3v) is 7.34. The van der Waals surface area contributed by atoms with Crippen LogP contribution in [0.15, 0.2) is 29.4 Å². The fourth-order valence-corrected chi connectivity index (χ4v) is 4.88. The van der Waals surface area contributed by atoms with Crippen LogP contribution in [0.1, 0.15) is 56.9 Å². The highest BCUT2D eigenvalue weighted by molar-refractivity contribution is 5.95. The number of carbonyl (C=O) groups is 4. The molecular weight excluding hydrogens is 606 g/mol. The Balaban J connectivity index is 1.48. The van der Waals surface area contributed by atoms with Gasteiger partial charge in [-0.15, -0.1) is 0 Å². The van der Waals surface area contributed by atoms with Crippen LogP contribution in [0.3, 0.4) is 0 Å². The maximum absolute atomic E-state index is 12.7. The Labute approximate surface area is 275 Å². The molecule has 2 atom stereocenters. The third-order valence-electron chi connectivity index (χ3n) is 7.34. The Hall–Kier alpha value is -4.41. The molecule has 1 aromatic heterocycles. The lowest BCUT2D eigenvalue weighted by atomic mass is 10.1. The van der Waals surface area contributed by atoms with Crippen LogP contribution < -0.4 is 49.5 Å². The summed E-state index contributed by atoms with van der Waals surface area (Å²) in [5, 5.41) is 25.7. The number of nitrogens with one attached hydrogen (secondary N) is 6. The monoisotopic (exact) mass is 659 g/mol. The Morgan fingerprint density at radius 2 is 1.47 bits per heavy atom. The highest BCUT2D eigenvalue weighted by atomic mass is 16.3. The molecule has 1 heterocycles. The maximum Gasteiger partial charge on any atom is 0.243 e. The number of guanidine groups is 1. The van der Waals surface area contributed by atoms with Gasteiger partial charge in [-0.25, -0.2) is 0 Å². The van der Waals surface area contributed by atoms with E-state index < -0.39 is 29.8 Å². The Kier molecular flexibility index (Phi) is 18.3. The van der Waals surface area contributed by atoms with E-state index in [0.717, 1.165) is 58.3 Å². The summed E-state index contributed by atoms with van der Waals surface area (Å²) in [4.78, 5) is 55.8. The summed E-state index contributed by atoms with van der Waals surface area (Å²) in [6, 6.07) is 3.36. The molecule has 262 valence electrons. The van der Waals surface area contributed by atoms with Crippen molar-refractivity contribution in [2.75, 3.05) is 45.8 Å². The lowest BCUT2D eigenvalue weighted by Gasteiger charge is -2.17. The topological polar surface area (TPSA) is 281 Å². The quantitative estimate of drug-likeness (QED) is 0.0334. The number of phenolic OH excluding ortho intramolecular Hbond substituents is 1. The fraction of sp³-hybridized carbons (Fsp3) is 0.581. The summed E-state index contributed by atoms with van der Waals surface area (Å²) in [6.07, 6.45) is 6.77. The number of aromatic hydroxyl groups is 1. The predicted octanol–water partition coefficient (Wildman–Crippen LogP) is -1.48. The lowest BCUT2D eigenvalue weighted by Crippen LogP contribution is -2.49. The van der Waals surface area contributed by atoms with Crippen molar-refractivity contribution in [2.24, 2.45) is 27.9 Å². The zero-order valence-electron chi connectivity index (χ0n) is 27.1. The predicted molar refractivity (Wildman–Crippen MR) is 182 cm³/mol. The molecule has 4 amide bonds. The number of aromatic amines is 1. The first-order valence-corrected chi connectivity index (χ1v) is 16.2. The van der Waals surface area contributed by atoms with Crippen molar-refractivity contribution in [3.63, 3.8) is 0 Å². The van der Waals surface area contributed by atoms with Gasteiger partial charge < -0.3 is 59.6 Å². The second-order valence-electron chi connectivity index (χ2n) is 11.4. The largest absolute Gasteiger partial charge is 0.507 e. The maximum atomic E-state index is 12.7. The molecule has 2 aromatic rings. The number of benzene rings is 1. The van der Waals surface area contributed by atoms with Crippen molar-refractivity contribution in [1.29, 1.82) is 0 Å². The molecule has 0 aliphatic heterocycles. The summed E-state index contributed by atoms with van der Waals surface area (Å²) in [5.41, 5.74) is 23.0. The molecule has 0 bridgehead atoms. The number of aromatic nitrogens is 1. The van der Waals surface area contributed by atoms with E-state index in [-0.39, 0.29) is 30.5 Å². The molecule has 0 fully saturated rings. The van der Waals surface area contributed by atoms with Crippen LogP contribution in [0.4, 0.5) is 0 Å². The number of phenols is 1. The van der Waals surface area contributed by atoms with E-state index in [0.29, 0.717) is 48.9 Å². The Morgan fingerprint density at radius 1 is 0.830 bits per heavy atom. The van der Waals surface area contributed by atoms with E-state index in [1.54, 1.807) is 18.3 Å². The van der Waals surface area contributed by atoms with Crippen molar-refractivity contribution in [2.45, 2.75) is 69.9 Å². The van der Waals surface area contributed by atoms with E-state index in [1.165, 1.54) is 6.07 Å². The van der Waals surface area contributed by atoms with E-state index in [4.69, 9.17) is 22.9 Å². The minimum atomic E-state index is -1.08. The SMILES string of the molecule is NC(=O)C[C@H](NC(=O)Cc1c[nH]c2cccc(O)c12)C(=O)NCCCCCNCCCNCCCNC(=O)[C@@H](N)CCCN=C(N)N. The van der Waals surface area contributed by atoms with Gasteiger partial charge in [0.1, 0.15) is 11.8 Å². The van der Waals surface area contributed by atoms with E-state index >= 15 is 0 Å². The molecule has 0 saturated carbocycles. The summed E-state index contributed by atoms with van der Waals surface area (Å²) in [6.45, 7) is 4.82. The van der Waals surface area contributed by atoms with Crippen LogP contribution in [0.25, 0.3) is 10.9 Å². The third kappa shape index (κ3) is 16.1. The van der Waals surface area contributed by atoms with Gasteiger partial charge in [0, 0.05) is 36.7 Å². The first kappa shape index (κ1) is 38.8. The number of primary amides is 1. The van der Waals surface area contributed by atoms with Gasteiger partial charge >= 0.3 is 0 Å². The zero-order chi connectivity index (χ0) is 34.4. The van der Waals surface area contributed by atoms with Crippen molar-refractivity contribution in [3.8, 4) is 5.75 Å². The number of hydrogen-bond acceptors (Lipinski definition) is 9. The molecular formula is C31H53N11O5. The molecule has 0 spiro atoms. The zero-order valence-corrected chi connectivity index (χ0v) is 27.1. The molecule has 16 nitrogen and oxygen atoms in total. The average molecular weight is 660 g/mol. The van der Waals surface area contributed by atoms with Gasteiger partial charge in [-0.3, -0.25) is 24.2 Å². The summed E-state index contributed by atoms with van der Waals surface area (Å²) < 4.78 is 0. The second-order valence-corrected chi connectivity index (χ2v) is 11.4.